The molecule has 3 nitrogen and oxygen atoms in total. The third kappa shape index (κ3) is 2.74. The summed E-state index contributed by atoms with van der Waals surface area (Å²) >= 11 is 5.93. The van der Waals surface area contributed by atoms with E-state index in [1.807, 2.05) is 24.3 Å². The minimum Gasteiger partial charge on any atom is -1.00 e. The van der Waals surface area contributed by atoms with Crippen molar-refractivity contribution in [3.63, 3.8) is 0 Å². The summed E-state index contributed by atoms with van der Waals surface area (Å²) in [6.45, 7) is 3.12. The van der Waals surface area contributed by atoms with Gasteiger partial charge in [-0.05, 0) is 37.6 Å². The molecule has 0 saturated heterocycles. The van der Waals surface area contributed by atoms with Gasteiger partial charge in [0.25, 0.3) is 5.82 Å². The average molecular weight is 311 g/mol. The van der Waals surface area contributed by atoms with E-state index in [1.165, 1.54) is 11.5 Å². The fraction of sp³-hybridized carbons (Fsp3) is 0.333. The van der Waals surface area contributed by atoms with Crippen molar-refractivity contribution in [3.05, 3.63) is 41.3 Å². The van der Waals surface area contributed by atoms with Gasteiger partial charge in [-0.1, -0.05) is 11.6 Å². The smallest absolute Gasteiger partial charge is 0.257 e. The van der Waals surface area contributed by atoms with Crippen molar-refractivity contribution in [2.24, 2.45) is 0 Å². The zero-order valence-corrected chi connectivity index (χ0v) is 12.8. The first-order valence-corrected chi connectivity index (χ1v) is 6.90. The summed E-state index contributed by atoms with van der Waals surface area (Å²) in [5.41, 5.74) is 2.32. The molecule has 1 aliphatic heterocycles. The van der Waals surface area contributed by atoms with E-state index < -0.39 is 0 Å². The molecule has 0 bridgehead atoms. The molecular weight excluding hydrogens is 295 g/mol. The SMILES string of the molecule is CC(=O)C[n+]1cc(-c2ccc(Cl)cc2)n2c1CCC2.[Cl-]. The number of ketones is 1. The largest absolute Gasteiger partial charge is 1.00 e. The minimum absolute atomic E-state index is 0. The highest BCUT2D eigenvalue weighted by molar-refractivity contribution is 6.30. The third-order valence-electron chi connectivity index (χ3n) is 3.53. The summed E-state index contributed by atoms with van der Waals surface area (Å²) in [6.07, 6.45) is 4.27. The molecule has 0 N–H and O–H groups in total. The first-order chi connectivity index (χ1) is 9.15. The third-order valence-corrected chi connectivity index (χ3v) is 3.78. The van der Waals surface area contributed by atoms with E-state index in [4.69, 9.17) is 11.6 Å². The fourth-order valence-corrected chi connectivity index (χ4v) is 2.86. The number of carbonyl (C=O) groups excluding carboxylic acids is 1. The molecule has 0 unspecified atom stereocenters. The number of carbonyl (C=O) groups is 1. The Morgan fingerprint density at radius 3 is 2.70 bits per heavy atom. The van der Waals surface area contributed by atoms with Crippen molar-refractivity contribution in [3.8, 4) is 11.3 Å². The summed E-state index contributed by atoms with van der Waals surface area (Å²) in [5.74, 6) is 1.44. The lowest BCUT2D eigenvalue weighted by Crippen LogP contribution is -3.00. The van der Waals surface area contributed by atoms with Crippen LogP contribution in [-0.4, -0.2) is 10.4 Å². The number of benzene rings is 1. The Morgan fingerprint density at radius 2 is 2.05 bits per heavy atom. The van der Waals surface area contributed by atoms with Crippen molar-refractivity contribution < 1.29 is 21.8 Å². The van der Waals surface area contributed by atoms with Crippen LogP contribution in [-0.2, 0) is 24.3 Å². The number of fused-ring (bicyclic) bond motifs is 1. The van der Waals surface area contributed by atoms with Crippen molar-refractivity contribution in [1.82, 2.24) is 4.57 Å². The monoisotopic (exact) mass is 310 g/mol. The molecule has 0 aliphatic carbocycles. The van der Waals surface area contributed by atoms with Crippen LogP contribution in [0.1, 0.15) is 19.2 Å². The van der Waals surface area contributed by atoms with E-state index in [0.29, 0.717) is 6.54 Å². The predicted molar refractivity (Wildman–Crippen MR) is 74.1 cm³/mol. The first kappa shape index (κ1) is 15.1. The quantitative estimate of drug-likeness (QED) is 0.711. The second kappa shape index (κ2) is 5.98. The van der Waals surface area contributed by atoms with Crippen molar-refractivity contribution >= 4 is 17.4 Å². The van der Waals surface area contributed by atoms with E-state index in [-0.39, 0.29) is 18.2 Å². The van der Waals surface area contributed by atoms with Gasteiger partial charge in [0.05, 0.1) is 13.0 Å². The van der Waals surface area contributed by atoms with Gasteiger partial charge >= 0.3 is 0 Å². The van der Waals surface area contributed by atoms with Crippen LogP contribution in [0.3, 0.4) is 0 Å². The molecule has 0 amide bonds. The van der Waals surface area contributed by atoms with Gasteiger partial charge in [-0.25, -0.2) is 9.13 Å². The molecule has 0 atom stereocenters. The van der Waals surface area contributed by atoms with Crippen LogP contribution >= 0.6 is 11.6 Å². The summed E-state index contributed by atoms with van der Waals surface area (Å²) in [7, 11) is 0. The number of rotatable bonds is 3. The average Bonchev–Trinajstić information content (AvgIpc) is 2.94. The number of Topliss-reactive ketones (excluding diaryl/α,β-unsaturated/α-hetero) is 1. The highest BCUT2D eigenvalue weighted by Gasteiger charge is 2.28. The lowest BCUT2D eigenvalue weighted by atomic mass is 10.2. The van der Waals surface area contributed by atoms with E-state index >= 15 is 0 Å². The van der Waals surface area contributed by atoms with Gasteiger partial charge in [0.2, 0.25) is 0 Å². The topological polar surface area (TPSA) is 25.9 Å². The van der Waals surface area contributed by atoms with Crippen LogP contribution in [0.15, 0.2) is 30.5 Å². The number of imidazole rings is 1. The Labute approximate surface area is 129 Å². The van der Waals surface area contributed by atoms with E-state index in [2.05, 4.69) is 15.3 Å². The highest BCUT2D eigenvalue weighted by atomic mass is 35.5. The standard InChI is InChI=1S/C15H16ClN2O.ClH/c1-11(19)9-17-10-14(18-8-2-3-15(17)18)12-4-6-13(16)7-5-12;/h4-7,10H,2-3,8-9H2,1H3;1H/q+1;/p-1. The van der Waals surface area contributed by atoms with Crippen molar-refractivity contribution in [2.45, 2.75) is 32.9 Å². The molecule has 1 aromatic heterocycles. The molecule has 1 aliphatic rings. The molecule has 0 radical (unpaired) electrons. The Hall–Kier alpha value is -1.32. The van der Waals surface area contributed by atoms with Crippen LogP contribution in [0.2, 0.25) is 5.02 Å². The zero-order chi connectivity index (χ0) is 13.4. The van der Waals surface area contributed by atoms with Gasteiger partial charge in [-0.3, -0.25) is 4.79 Å². The van der Waals surface area contributed by atoms with Crippen LogP contribution in [0.5, 0.6) is 0 Å². The Balaban J connectivity index is 0.00000147. The Kier molecular flexibility index (Phi) is 4.51. The lowest BCUT2D eigenvalue weighted by Gasteiger charge is -1.98. The Bertz CT molecular complexity index is 632. The molecule has 2 heterocycles. The summed E-state index contributed by atoms with van der Waals surface area (Å²) in [6, 6.07) is 7.87. The normalized spacial score (nSPS) is 12.9. The minimum atomic E-state index is 0. The zero-order valence-electron chi connectivity index (χ0n) is 11.3. The van der Waals surface area contributed by atoms with E-state index in [1.54, 1.807) is 6.92 Å². The maximum Gasteiger partial charge on any atom is 0.257 e. The van der Waals surface area contributed by atoms with E-state index in [0.717, 1.165) is 30.0 Å². The highest BCUT2D eigenvalue weighted by Crippen LogP contribution is 2.25. The van der Waals surface area contributed by atoms with Gasteiger partial charge < -0.3 is 12.4 Å². The number of halogens is 2. The van der Waals surface area contributed by atoms with E-state index in [9.17, 15) is 4.79 Å². The molecule has 0 spiro atoms. The molecule has 2 aromatic rings. The molecule has 1 aromatic carbocycles. The number of hydrogen-bond acceptors (Lipinski definition) is 1. The Morgan fingerprint density at radius 1 is 1.35 bits per heavy atom. The van der Waals surface area contributed by atoms with Crippen LogP contribution in [0.25, 0.3) is 11.3 Å². The van der Waals surface area contributed by atoms with Crippen LogP contribution < -0.4 is 17.0 Å². The maximum atomic E-state index is 11.4. The molecule has 106 valence electrons. The summed E-state index contributed by atoms with van der Waals surface area (Å²) in [4.78, 5) is 11.4. The molecule has 20 heavy (non-hydrogen) atoms. The van der Waals surface area contributed by atoms with Crippen LogP contribution in [0, 0.1) is 0 Å². The predicted octanol–water partition coefficient (Wildman–Crippen LogP) is -0.365. The number of hydrogen-bond donors (Lipinski definition) is 0. The van der Waals surface area contributed by atoms with Gasteiger partial charge in [0.1, 0.15) is 12.7 Å². The van der Waals surface area contributed by atoms with Gasteiger partial charge in [0.15, 0.2) is 11.5 Å². The van der Waals surface area contributed by atoms with Gasteiger partial charge in [-0.2, -0.15) is 0 Å². The summed E-state index contributed by atoms with van der Waals surface area (Å²) in [5, 5.41) is 0.744. The van der Waals surface area contributed by atoms with Gasteiger partial charge in [-0.15, -0.1) is 0 Å². The lowest BCUT2D eigenvalue weighted by molar-refractivity contribution is -0.690. The molecule has 3 rings (SSSR count). The molecule has 5 heteroatoms. The molecule has 0 saturated carbocycles. The van der Waals surface area contributed by atoms with Gasteiger partial charge in [0, 0.05) is 10.6 Å². The van der Waals surface area contributed by atoms with Crippen molar-refractivity contribution in [1.29, 1.82) is 0 Å². The molecule has 0 fully saturated rings. The first-order valence-electron chi connectivity index (χ1n) is 6.52. The van der Waals surface area contributed by atoms with Crippen LogP contribution in [0.4, 0.5) is 0 Å². The fourth-order valence-electron chi connectivity index (χ4n) is 2.74. The second-order valence-electron chi connectivity index (χ2n) is 5.02. The second-order valence-corrected chi connectivity index (χ2v) is 5.46. The number of nitrogens with zero attached hydrogens (tertiary/aromatic N) is 2. The molecular formula is C15H16Cl2N2O. The van der Waals surface area contributed by atoms with Crippen molar-refractivity contribution in [2.75, 3.05) is 0 Å². The maximum absolute atomic E-state index is 11.4. The number of aromatic nitrogens is 2. The summed E-state index contributed by atoms with van der Waals surface area (Å²) < 4.78 is 4.39.